The summed E-state index contributed by atoms with van der Waals surface area (Å²) in [6.07, 6.45) is 2.17. The van der Waals surface area contributed by atoms with E-state index >= 15 is 0 Å². The molecule has 0 amide bonds. The van der Waals surface area contributed by atoms with Crippen LogP contribution in [-0.2, 0) is 19.1 Å². The maximum atomic E-state index is 12.4. The monoisotopic (exact) mass is 310 g/mol. The van der Waals surface area contributed by atoms with Crippen LogP contribution in [0.3, 0.4) is 0 Å². The first kappa shape index (κ1) is 17.0. The van der Waals surface area contributed by atoms with Gasteiger partial charge in [-0.25, -0.2) is 9.59 Å². The smallest absolute Gasteiger partial charge is 0.334 e. The number of hydrogen-bond donors (Lipinski definition) is 1. The van der Waals surface area contributed by atoms with Crippen molar-refractivity contribution in [2.75, 3.05) is 14.2 Å². The zero-order valence-electron chi connectivity index (χ0n) is 14.1. The van der Waals surface area contributed by atoms with Crippen LogP contribution in [0.5, 0.6) is 0 Å². The zero-order chi connectivity index (χ0) is 16.7. The quantitative estimate of drug-likeness (QED) is 0.792. The summed E-state index contributed by atoms with van der Waals surface area (Å²) in [6, 6.07) is 0. The SMILES string of the molecule is COC(=O)C1=C(C(=O)OC)[C@@]2(C)CCCC(C)(C)[C@@H]2[C@@H](O)C1. The molecule has 2 aliphatic carbocycles. The van der Waals surface area contributed by atoms with E-state index in [-0.39, 0.29) is 23.3 Å². The van der Waals surface area contributed by atoms with Crippen molar-refractivity contribution in [2.45, 2.75) is 52.6 Å². The molecule has 0 aromatic rings. The van der Waals surface area contributed by atoms with Gasteiger partial charge in [0.2, 0.25) is 0 Å². The van der Waals surface area contributed by atoms with Gasteiger partial charge >= 0.3 is 11.9 Å². The molecule has 3 atom stereocenters. The molecule has 5 nitrogen and oxygen atoms in total. The molecule has 0 saturated heterocycles. The van der Waals surface area contributed by atoms with E-state index < -0.39 is 23.5 Å². The molecule has 0 unspecified atom stereocenters. The van der Waals surface area contributed by atoms with Crippen molar-refractivity contribution in [3.63, 3.8) is 0 Å². The first-order valence-corrected chi connectivity index (χ1v) is 7.77. The molecule has 0 aliphatic heterocycles. The van der Waals surface area contributed by atoms with Crippen LogP contribution in [0.15, 0.2) is 11.1 Å². The second-order valence-corrected chi connectivity index (χ2v) is 7.35. The van der Waals surface area contributed by atoms with Crippen molar-refractivity contribution in [3.8, 4) is 0 Å². The Morgan fingerprint density at radius 1 is 1.09 bits per heavy atom. The number of methoxy groups -OCH3 is 2. The third-order valence-corrected chi connectivity index (χ3v) is 5.54. The molecule has 1 saturated carbocycles. The lowest BCUT2D eigenvalue weighted by Crippen LogP contribution is -2.54. The van der Waals surface area contributed by atoms with Gasteiger partial charge in [0.05, 0.1) is 31.5 Å². The number of carbonyl (C=O) groups excluding carboxylic acids is 2. The number of carbonyl (C=O) groups is 2. The molecule has 0 bridgehead atoms. The fourth-order valence-corrected chi connectivity index (χ4v) is 4.85. The lowest BCUT2D eigenvalue weighted by atomic mass is 9.49. The van der Waals surface area contributed by atoms with Gasteiger partial charge in [0.1, 0.15) is 0 Å². The first-order valence-electron chi connectivity index (χ1n) is 7.77. The van der Waals surface area contributed by atoms with Crippen LogP contribution in [0, 0.1) is 16.7 Å². The van der Waals surface area contributed by atoms with E-state index in [1.165, 1.54) is 14.2 Å². The molecule has 124 valence electrons. The minimum Gasteiger partial charge on any atom is -0.466 e. The number of hydrogen-bond acceptors (Lipinski definition) is 5. The molecule has 22 heavy (non-hydrogen) atoms. The highest BCUT2D eigenvalue weighted by molar-refractivity contribution is 6.01. The summed E-state index contributed by atoms with van der Waals surface area (Å²) in [7, 11) is 2.61. The number of aliphatic hydroxyl groups excluding tert-OH is 1. The fourth-order valence-electron chi connectivity index (χ4n) is 4.85. The third kappa shape index (κ3) is 2.45. The standard InChI is InChI=1S/C17H26O5/c1-16(2)7-6-8-17(3)12(15(20)22-5)10(14(19)21-4)9-11(18)13(16)17/h11,13,18H,6-9H2,1-5H3/t11-,13-,17+/m0/s1. The summed E-state index contributed by atoms with van der Waals surface area (Å²) in [5.74, 6) is -1.13. The van der Waals surface area contributed by atoms with Gasteiger partial charge in [0, 0.05) is 11.8 Å². The summed E-state index contributed by atoms with van der Waals surface area (Å²) < 4.78 is 9.77. The highest BCUT2D eigenvalue weighted by atomic mass is 16.5. The van der Waals surface area contributed by atoms with Crippen LogP contribution < -0.4 is 0 Å². The van der Waals surface area contributed by atoms with E-state index in [0.717, 1.165) is 19.3 Å². The number of fused-ring (bicyclic) bond motifs is 1. The molecule has 0 radical (unpaired) electrons. The summed E-state index contributed by atoms with van der Waals surface area (Å²) in [5, 5.41) is 10.7. The number of esters is 2. The minimum absolute atomic E-state index is 0.0868. The Bertz CT molecular complexity index is 519. The average Bonchev–Trinajstić information content (AvgIpc) is 2.43. The van der Waals surface area contributed by atoms with Crippen LogP contribution in [0.25, 0.3) is 0 Å². The highest BCUT2D eigenvalue weighted by Gasteiger charge is 2.57. The number of ether oxygens (including phenoxy) is 2. The van der Waals surface area contributed by atoms with Gasteiger partial charge in [-0.05, 0) is 24.2 Å². The average molecular weight is 310 g/mol. The van der Waals surface area contributed by atoms with E-state index in [9.17, 15) is 14.7 Å². The molecule has 0 spiro atoms. The Balaban J connectivity index is 2.66. The van der Waals surface area contributed by atoms with E-state index in [0.29, 0.717) is 5.57 Å². The van der Waals surface area contributed by atoms with Gasteiger partial charge in [-0.1, -0.05) is 27.2 Å². The number of rotatable bonds is 2. The van der Waals surface area contributed by atoms with Crippen molar-refractivity contribution < 1.29 is 24.2 Å². The van der Waals surface area contributed by atoms with Crippen molar-refractivity contribution in [2.24, 2.45) is 16.7 Å². The predicted molar refractivity (Wildman–Crippen MR) is 80.9 cm³/mol. The summed E-state index contributed by atoms with van der Waals surface area (Å²) in [6.45, 7) is 6.21. The lowest BCUT2D eigenvalue weighted by Gasteiger charge is -2.55. The van der Waals surface area contributed by atoms with E-state index in [1.54, 1.807) is 0 Å². The predicted octanol–water partition coefficient (Wildman–Crippen LogP) is 2.23. The molecule has 2 rings (SSSR count). The Morgan fingerprint density at radius 2 is 1.68 bits per heavy atom. The van der Waals surface area contributed by atoms with E-state index in [2.05, 4.69) is 13.8 Å². The van der Waals surface area contributed by atoms with Gasteiger partial charge in [-0.15, -0.1) is 0 Å². The maximum Gasteiger partial charge on any atom is 0.334 e. The van der Waals surface area contributed by atoms with Crippen molar-refractivity contribution in [1.82, 2.24) is 0 Å². The summed E-state index contributed by atoms with van der Waals surface area (Å²) in [5.41, 5.74) is -0.0214. The molecule has 1 N–H and O–H groups in total. The zero-order valence-corrected chi connectivity index (χ0v) is 14.1. The van der Waals surface area contributed by atoms with Gasteiger partial charge in [0.15, 0.2) is 0 Å². The van der Waals surface area contributed by atoms with Crippen LogP contribution in [0.4, 0.5) is 0 Å². The third-order valence-electron chi connectivity index (χ3n) is 5.54. The van der Waals surface area contributed by atoms with Gasteiger partial charge in [-0.2, -0.15) is 0 Å². The Kier molecular flexibility index (Phi) is 4.39. The second-order valence-electron chi connectivity index (χ2n) is 7.35. The highest BCUT2D eigenvalue weighted by Crippen LogP contribution is 2.59. The van der Waals surface area contributed by atoms with Gasteiger partial charge < -0.3 is 14.6 Å². The summed E-state index contributed by atoms with van der Waals surface area (Å²) in [4.78, 5) is 24.5. The van der Waals surface area contributed by atoms with E-state index in [1.807, 2.05) is 6.92 Å². The molecule has 1 fully saturated rings. The molecule has 2 aliphatic rings. The Labute approximate surface area is 131 Å². The van der Waals surface area contributed by atoms with Crippen LogP contribution in [0.2, 0.25) is 0 Å². The van der Waals surface area contributed by atoms with Crippen LogP contribution in [-0.4, -0.2) is 37.4 Å². The van der Waals surface area contributed by atoms with Crippen molar-refractivity contribution >= 4 is 11.9 Å². The van der Waals surface area contributed by atoms with Crippen LogP contribution >= 0.6 is 0 Å². The number of aliphatic hydroxyl groups is 1. The maximum absolute atomic E-state index is 12.4. The Hall–Kier alpha value is -1.36. The fraction of sp³-hybridized carbons (Fsp3) is 0.765. The minimum atomic E-state index is -0.664. The van der Waals surface area contributed by atoms with Gasteiger partial charge in [0.25, 0.3) is 0 Å². The summed E-state index contributed by atoms with van der Waals surface area (Å²) >= 11 is 0. The molecule has 0 heterocycles. The second kappa shape index (κ2) is 5.69. The van der Waals surface area contributed by atoms with E-state index in [4.69, 9.17) is 9.47 Å². The molecule has 0 aromatic heterocycles. The molecular formula is C17H26O5. The van der Waals surface area contributed by atoms with Crippen LogP contribution in [0.1, 0.15) is 46.5 Å². The first-order chi connectivity index (χ1) is 10.2. The van der Waals surface area contributed by atoms with Gasteiger partial charge in [-0.3, -0.25) is 0 Å². The molecule has 0 aromatic carbocycles. The topological polar surface area (TPSA) is 72.8 Å². The lowest BCUT2D eigenvalue weighted by molar-refractivity contribution is -0.146. The normalized spacial score (nSPS) is 33.9. The molecular weight excluding hydrogens is 284 g/mol. The molecule has 5 heteroatoms. The van der Waals surface area contributed by atoms with Crippen molar-refractivity contribution in [1.29, 1.82) is 0 Å². The van der Waals surface area contributed by atoms with Crippen molar-refractivity contribution in [3.05, 3.63) is 11.1 Å². The Morgan fingerprint density at radius 3 is 2.23 bits per heavy atom. The largest absolute Gasteiger partial charge is 0.466 e.